The van der Waals surface area contributed by atoms with Crippen LogP contribution in [0.5, 0.6) is 11.5 Å². The molecule has 0 aromatic heterocycles. The van der Waals surface area contributed by atoms with Crippen molar-refractivity contribution in [3.05, 3.63) is 95.6 Å². The van der Waals surface area contributed by atoms with E-state index in [0.717, 1.165) is 5.56 Å². The largest absolute Gasteiger partial charge is 0.496 e. The summed E-state index contributed by atoms with van der Waals surface area (Å²) in [4.78, 5) is 24.5. The fourth-order valence-corrected chi connectivity index (χ4v) is 2.60. The third-order valence-electron chi connectivity index (χ3n) is 3.91. The van der Waals surface area contributed by atoms with Crippen LogP contribution < -0.4 is 9.47 Å². The molecule has 0 aliphatic carbocycles. The molecular formula is C22H18O4. The fraction of sp³-hybridized carbons (Fsp3) is 0.0909. The summed E-state index contributed by atoms with van der Waals surface area (Å²) in [6.07, 6.45) is 0.106. The first-order valence-corrected chi connectivity index (χ1v) is 8.20. The van der Waals surface area contributed by atoms with Gasteiger partial charge in [0, 0.05) is 16.7 Å². The van der Waals surface area contributed by atoms with E-state index in [-0.39, 0.29) is 12.2 Å². The Morgan fingerprint density at radius 2 is 1.38 bits per heavy atom. The van der Waals surface area contributed by atoms with Crippen molar-refractivity contribution in [1.29, 1.82) is 0 Å². The van der Waals surface area contributed by atoms with Crippen LogP contribution >= 0.6 is 0 Å². The third kappa shape index (κ3) is 4.16. The topological polar surface area (TPSA) is 52.6 Å². The Morgan fingerprint density at radius 1 is 0.769 bits per heavy atom. The summed E-state index contributed by atoms with van der Waals surface area (Å²) >= 11 is 0. The van der Waals surface area contributed by atoms with Crippen LogP contribution in [0, 0.1) is 0 Å². The molecular weight excluding hydrogens is 328 g/mol. The predicted molar refractivity (Wildman–Crippen MR) is 98.6 cm³/mol. The van der Waals surface area contributed by atoms with Crippen molar-refractivity contribution in [2.75, 3.05) is 7.11 Å². The number of carbonyl (C=O) groups is 2. The highest BCUT2D eigenvalue weighted by atomic mass is 16.5. The van der Waals surface area contributed by atoms with Crippen molar-refractivity contribution < 1.29 is 19.1 Å². The third-order valence-corrected chi connectivity index (χ3v) is 3.91. The van der Waals surface area contributed by atoms with E-state index in [2.05, 4.69) is 0 Å². The van der Waals surface area contributed by atoms with E-state index in [1.165, 1.54) is 0 Å². The molecule has 4 heteroatoms. The summed E-state index contributed by atoms with van der Waals surface area (Å²) in [5.74, 6) is 0.580. The lowest BCUT2D eigenvalue weighted by atomic mass is 10.0. The first-order chi connectivity index (χ1) is 12.7. The van der Waals surface area contributed by atoms with Crippen molar-refractivity contribution in [1.82, 2.24) is 0 Å². The van der Waals surface area contributed by atoms with Crippen LogP contribution in [0.1, 0.15) is 21.5 Å². The Labute approximate surface area is 152 Å². The number of hydrogen-bond acceptors (Lipinski definition) is 4. The molecule has 0 radical (unpaired) electrons. The van der Waals surface area contributed by atoms with Crippen LogP contribution in [-0.2, 0) is 11.2 Å². The molecule has 3 rings (SSSR count). The first kappa shape index (κ1) is 17.4. The zero-order valence-corrected chi connectivity index (χ0v) is 14.3. The number of carbonyl (C=O) groups excluding carboxylic acids is 2. The molecule has 130 valence electrons. The van der Waals surface area contributed by atoms with Gasteiger partial charge in [-0.15, -0.1) is 0 Å². The van der Waals surface area contributed by atoms with Crippen LogP contribution in [0.2, 0.25) is 0 Å². The van der Waals surface area contributed by atoms with E-state index in [9.17, 15) is 9.59 Å². The Bertz CT molecular complexity index is 899. The van der Waals surface area contributed by atoms with Gasteiger partial charge in [-0.3, -0.25) is 9.59 Å². The minimum atomic E-state index is -0.392. The van der Waals surface area contributed by atoms with Gasteiger partial charge in [0.2, 0.25) is 0 Å². The number of hydrogen-bond donors (Lipinski definition) is 0. The molecule has 4 nitrogen and oxygen atoms in total. The van der Waals surface area contributed by atoms with Crippen molar-refractivity contribution >= 4 is 11.8 Å². The maximum absolute atomic E-state index is 12.4. The highest BCUT2D eigenvalue weighted by Crippen LogP contribution is 2.20. The molecule has 26 heavy (non-hydrogen) atoms. The highest BCUT2D eigenvalue weighted by Gasteiger charge is 2.12. The lowest BCUT2D eigenvalue weighted by molar-refractivity contribution is -0.133. The quantitative estimate of drug-likeness (QED) is 0.383. The zero-order chi connectivity index (χ0) is 18.4. The van der Waals surface area contributed by atoms with E-state index in [1.54, 1.807) is 49.6 Å². The van der Waals surface area contributed by atoms with E-state index in [0.29, 0.717) is 22.6 Å². The summed E-state index contributed by atoms with van der Waals surface area (Å²) in [6, 6.07) is 22.9. The summed E-state index contributed by atoms with van der Waals surface area (Å²) in [5, 5.41) is 0. The van der Waals surface area contributed by atoms with Gasteiger partial charge in [-0.2, -0.15) is 0 Å². The second kappa shape index (κ2) is 8.12. The predicted octanol–water partition coefficient (Wildman–Crippen LogP) is 4.07. The number of ketones is 1. The molecule has 0 N–H and O–H groups in total. The summed E-state index contributed by atoms with van der Waals surface area (Å²) in [6.45, 7) is 0. The molecule has 0 heterocycles. The van der Waals surface area contributed by atoms with E-state index < -0.39 is 5.97 Å². The van der Waals surface area contributed by atoms with Crippen LogP contribution in [0.3, 0.4) is 0 Å². The molecule has 0 aliphatic heterocycles. The molecule has 0 unspecified atom stereocenters. The van der Waals surface area contributed by atoms with E-state index in [4.69, 9.17) is 9.47 Å². The SMILES string of the molecule is COc1ccccc1CC(=O)Oc1ccc(C(=O)c2ccccc2)cc1. The van der Waals surface area contributed by atoms with Gasteiger partial charge in [-0.25, -0.2) is 0 Å². The van der Waals surface area contributed by atoms with Gasteiger partial charge in [0.1, 0.15) is 11.5 Å². The average molecular weight is 346 g/mol. The maximum atomic E-state index is 12.4. The van der Waals surface area contributed by atoms with Crippen LogP contribution in [0.25, 0.3) is 0 Å². The lowest BCUT2D eigenvalue weighted by Crippen LogP contribution is -2.12. The molecule has 3 aromatic carbocycles. The molecule has 0 amide bonds. The van der Waals surface area contributed by atoms with Gasteiger partial charge in [0.15, 0.2) is 5.78 Å². The standard InChI is InChI=1S/C22H18O4/c1-25-20-10-6-5-9-18(20)15-21(23)26-19-13-11-17(12-14-19)22(24)16-7-3-2-4-8-16/h2-14H,15H2,1H3. The van der Waals surface area contributed by atoms with Crippen molar-refractivity contribution in [3.63, 3.8) is 0 Å². The smallest absolute Gasteiger partial charge is 0.315 e. The molecule has 0 fully saturated rings. The Balaban J connectivity index is 1.66. The molecule has 0 spiro atoms. The van der Waals surface area contributed by atoms with Crippen molar-refractivity contribution in [3.8, 4) is 11.5 Å². The minimum absolute atomic E-state index is 0.0718. The monoisotopic (exact) mass is 346 g/mol. The van der Waals surface area contributed by atoms with Crippen LogP contribution in [0.15, 0.2) is 78.9 Å². The lowest BCUT2D eigenvalue weighted by Gasteiger charge is -2.08. The summed E-state index contributed by atoms with van der Waals surface area (Å²) < 4.78 is 10.6. The average Bonchev–Trinajstić information content (AvgIpc) is 2.69. The molecule has 0 aliphatic rings. The van der Waals surface area contributed by atoms with Gasteiger partial charge < -0.3 is 9.47 Å². The minimum Gasteiger partial charge on any atom is -0.496 e. The Morgan fingerprint density at radius 3 is 2.08 bits per heavy atom. The number of para-hydroxylation sites is 1. The number of esters is 1. The van der Waals surface area contributed by atoms with E-state index in [1.807, 2.05) is 36.4 Å². The first-order valence-electron chi connectivity index (χ1n) is 8.20. The van der Waals surface area contributed by atoms with Gasteiger partial charge in [-0.05, 0) is 30.3 Å². The number of ether oxygens (including phenoxy) is 2. The van der Waals surface area contributed by atoms with Gasteiger partial charge >= 0.3 is 5.97 Å². The zero-order valence-electron chi connectivity index (χ0n) is 14.3. The van der Waals surface area contributed by atoms with Gasteiger partial charge in [0.05, 0.1) is 13.5 Å². The van der Waals surface area contributed by atoms with Crippen molar-refractivity contribution in [2.45, 2.75) is 6.42 Å². The molecule has 3 aromatic rings. The van der Waals surface area contributed by atoms with Crippen molar-refractivity contribution in [2.24, 2.45) is 0 Å². The molecule has 0 atom stereocenters. The normalized spacial score (nSPS) is 10.2. The molecule has 0 saturated heterocycles. The second-order valence-electron chi connectivity index (χ2n) is 5.68. The molecule has 0 saturated carbocycles. The van der Waals surface area contributed by atoms with Crippen LogP contribution in [0.4, 0.5) is 0 Å². The number of benzene rings is 3. The highest BCUT2D eigenvalue weighted by molar-refractivity contribution is 6.09. The summed E-state index contributed by atoms with van der Waals surface area (Å²) in [5.41, 5.74) is 1.92. The maximum Gasteiger partial charge on any atom is 0.315 e. The van der Waals surface area contributed by atoms with Gasteiger partial charge in [0.25, 0.3) is 0 Å². The number of methoxy groups -OCH3 is 1. The van der Waals surface area contributed by atoms with Crippen LogP contribution in [-0.4, -0.2) is 18.9 Å². The van der Waals surface area contributed by atoms with Gasteiger partial charge in [-0.1, -0.05) is 48.5 Å². The van der Waals surface area contributed by atoms with E-state index >= 15 is 0 Å². The fourth-order valence-electron chi connectivity index (χ4n) is 2.60. The molecule has 0 bridgehead atoms. The summed E-state index contributed by atoms with van der Waals surface area (Å²) in [7, 11) is 1.56. The Hall–Kier alpha value is -3.40. The number of rotatable bonds is 6. The second-order valence-corrected chi connectivity index (χ2v) is 5.68. The Kier molecular flexibility index (Phi) is 5.44.